The number of ether oxygens (including phenoxy) is 2. The molecule has 6 nitrogen and oxygen atoms in total. The predicted molar refractivity (Wildman–Crippen MR) is 111 cm³/mol. The highest BCUT2D eigenvalue weighted by Crippen LogP contribution is 2.32. The van der Waals surface area contributed by atoms with Gasteiger partial charge < -0.3 is 20.1 Å². The molecule has 1 atom stereocenters. The van der Waals surface area contributed by atoms with Crippen molar-refractivity contribution in [2.75, 3.05) is 44.7 Å². The molecule has 31 heavy (non-hydrogen) atoms. The van der Waals surface area contributed by atoms with E-state index < -0.39 is 23.9 Å². The molecule has 2 aromatic carbocycles. The second kappa shape index (κ2) is 9.91. The Morgan fingerprint density at radius 1 is 1.10 bits per heavy atom. The minimum atomic E-state index is -4.47. The molecule has 168 valence electrons. The summed E-state index contributed by atoms with van der Waals surface area (Å²) in [6.45, 7) is 3.79. The predicted octanol–water partition coefficient (Wildman–Crippen LogP) is 4.06. The summed E-state index contributed by atoms with van der Waals surface area (Å²) in [7, 11) is 1.63. The number of nitrogens with two attached hydrogens (primary N) is 1. The van der Waals surface area contributed by atoms with E-state index in [2.05, 4.69) is 9.80 Å². The highest BCUT2D eigenvalue weighted by atomic mass is 19.4. The molecule has 1 aliphatic heterocycles. The molecule has 1 saturated heterocycles. The first-order valence-electron chi connectivity index (χ1n) is 10.0. The first kappa shape index (κ1) is 22.7. The van der Waals surface area contributed by atoms with Gasteiger partial charge in [-0.05, 0) is 42.0 Å². The van der Waals surface area contributed by atoms with Crippen LogP contribution in [0.4, 0.5) is 23.7 Å². The summed E-state index contributed by atoms with van der Waals surface area (Å²) < 4.78 is 49.4. The molecule has 3 rings (SSSR count). The third kappa shape index (κ3) is 6.27. The molecule has 0 bridgehead atoms. The van der Waals surface area contributed by atoms with Gasteiger partial charge in [-0.1, -0.05) is 12.1 Å². The quantitative estimate of drug-likeness (QED) is 0.708. The van der Waals surface area contributed by atoms with Crippen LogP contribution in [-0.4, -0.2) is 50.8 Å². The summed E-state index contributed by atoms with van der Waals surface area (Å²) >= 11 is 0. The Hall–Kier alpha value is -2.94. The standard InChI is InChI=1S/C22H26F3N3O3/c1-30-19-7-5-18(6-8-19)28-13-11-27(12-14-28)10-9-20(31-21(26)29)16-3-2-4-17(15-16)22(23,24)25/h2-8,15,20H,9-14H2,1H3,(H2,26,29). The highest BCUT2D eigenvalue weighted by molar-refractivity contribution is 5.65. The van der Waals surface area contributed by atoms with Gasteiger partial charge in [-0.3, -0.25) is 4.90 Å². The van der Waals surface area contributed by atoms with Crippen LogP contribution in [0.15, 0.2) is 48.5 Å². The van der Waals surface area contributed by atoms with Crippen LogP contribution in [0.3, 0.4) is 0 Å². The van der Waals surface area contributed by atoms with Crippen molar-refractivity contribution < 1.29 is 27.4 Å². The number of alkyl halides is 3. The zero-order chi connectivity index (χ0) is 22.4. The number of amides is 1. The van der Waals surface area contributed by atoms with Crippen LogP contribution in [0.2, 0.25) is 0 Å². The molecule has 1 amide bonds. The molecule has 2 aromatic rings. The van der Waals surface area contributed by atoms with Crippen molar-refractivity contribution in [3.05, 3.63) is 59.7 Å². The summed E-state index contributed by atoms with van der Waals surface area (Å²) in [5, 5.41) is 0. The smallest absolute Gasteiger partial charge is 0.416 e. The van der Waals surface area contributed by atoms with Crippen molar-refractivity contribution in [2.45, 2.75) is 18.7 Å². The van der Waals surface area contributed by atoms with E-state index in [4.69, 9.17) is 15.2 Å². The van der Waals surface area contributed by atoms with Crippen molar-refractivity contribution in [3.63, 3.8) is 0 Å². The second-order valence-electron chi connectivity index (χ2n) is 7.36. The Balaban J connectivity index is 1.58. The van der Waals surface area contributed by atoms with Gasteiger partial charge in [0.1, 0.15) is 11.9 Å². The number of benzene rings is 2. The number of primary amides is 1. The zero-order valence-electron chi connectivity index (χ0n) is 17.3. The fourth-order valence-corrected chi connectivity index (χ4v) is 3.67. The molecule has 0 saturated carbocycles. The summed E-state index contributed by atoms with van der Waals surface area (Å²) in [6.07, 6.45) is -5.95. The van der Waals surface area contributed by atoms with E-state index in [1.165, 1.54) is 12.1 Å². The summed E-state index contributed by atoms with van der Waals surface area (Å²) in [6, 6.07) is 12.7. The normalized spacial score (nSPS) is 16.1. The first-order chi connectivity index (χ1) is 14.8. The van der Waals surface area contributed by atoms with Gasteiger partial charge in [0.25, 0.3) is 0 Å². The third-order valence-electron chi connectivity index (χ3n) is 5.36. The number of methoxy groups -OCH3 is 1. The number of rotatable bonds is 7. The van der Waals surface area contributed by atoms with Crippen molar-refractivity contribution in [2.24, 2.45) is 5.73 Å². The summed E-state index contributed by atoms with van der Waals surface area (Å²) in [5.41, 5.74) is 5.77. The van der Waals surface area contributed by atoms with E-state index in [1.807, 2.05) is 24.3 Å². The minimum absolute atomic E-state index is 0.283. The van der Waals surface area contributed by atoms with Crippen molar-refractivity contribution in [1.29, 1.82) is 0 Å². The molecule has 2 N–H and O–H groups in total. The molecule has 1 aliphatic rings. The van der Waals surface area contributed by atoms with E-state index in [0.29, 0.717) is 13.0 Å². The van der Waals surface area contributed by atoms with Gasteiger partial charge in [-0.15, -0.1) is 0 Å². The van der Waals surface area contributed by atoms with Gasteiger partial charge in [-0.25, -0.2) is 4.79 Å². The van der Waals surface area contributed by atoms with Crippen molar-refractivity contribution >= 4 is 11.8 Å². The second-order valence-corrected chi connectivity index (χ2v) is 7.36. The highest BCUT2D eigenvalue weighted by Gasteiger charge is 2.31. The number of hydrogen-bond donors (Lipinski definition) is 1. The van der Waals surface area contributed by atoms with Gasteiger partial charge in [-0.2, -0.15) is 13.2 Å². The van der Waals surface area contributed by atoms with Gasteiger partial charge in [0.05, 0.1) is 12.7 Å². The fourth-order valence-electron chi connectivity index (χ4n) is 3.67. The van der Waals surface area contributed by atoms with Gasteiger partial charge in [0.2, 0.25) is 0 Å². The topological polar surface area (TPSA) is 68.0 Å². The molecule has 0 aliphatic carbocycles. The van der Waals surface area contributed by atoms with E-state index >= 15 is 0 Å². The fraction of sp³-hybridized carbons (Fsp3) is 0.409. The zero-order valence-corrected chi connectivity index (χ0v) is 17.3. The third-order valence-corrected chi connectivity index (χ3v) is 5.36. The molecule has 1 heterocycles. The van der Waals surface area contributed by atoms with Crippen LogP contribution in [0, 0.1) is 0 Å². The largest absolute Gasteiger partial charge is 0.497 e. The molecule has 9 heteroatoms. The SMILES string of the molecule is COc1ccc(N2CCN(CCC(OC(N)=O)c3cccc(C(F)(F)F)c3)CC2)cc1. The lowest BCUT2D eigenvalue weighted by Crippen LogP contribution is -2.46. The maximum absolute atomic E-state index is 13.0. The number of halogens is 3. The van der Waals surface area contributed by atoms with Gasteiger partial charge in [0, 0.05) is 44.8 Å². The van der Waals surface area contributed by atoms with Crippen LogP contribution >= 0.6 is 0 Å². The van der Waals surface area contributed by atoms with Crippen LogP contribution < -0.4 is 15.4 Å². The molecule has 0 radical (unpaired) electrons. The van der Waals surface area contributed by atoms with Crippen LogP contribution in [0.1, 0.15) is 23.7 Å². The molecule has 0 aromatic heterocycles. The molecule has 0 spiro atoms. The van der Waals surface area contributed by atoms with E-state index in [1.54, 1.807) is 7.11 Å². The number of carbonyl (C=O) groups is 1. The van der Waals surface area contributed by atoms with E-state index in [0.717, 1.165) is 49.7 Å². The molecule has 1 unspecified atom stereocenters. The number of hydrogen-bond acceptors (Lipinski definition) is 5. The van der Waals surface area contributed by atoms with Crippen LogP contribution in [0.25, 0.3) is 0 Å². The van der Waals surface area contributed by atoms with Crippen LogP contribution in [0.5, 0.6) is 5.75 Å². The maximum Gasteiger partial charge on any atom is 0.416 e. The Morgan fingerprint density at radius 2 is 1.77 bits per heavy atom. The number of nitrogens with zero attached hydrogens (tertiary/aromatic N) is 2. The number of piperazine rings is 1. The number of carbonyl (C=O) groups excluding carboxylic acids is 1. The molecule has 1 fully saturated rings. The Bertz CT molecular complexity index is 866. The summed E-state index contributed by atoms with van der Waals surface area (Å²) in [4.78, 5) is 15.8. The average Bonchev–Trinajstić information content (AvgIpc) is 2.76. The van der Waals surface area contributed by atoms with Crippen LogP contribution in [-0.2, 0) is 10.9 Å². The summed E-state index contributed by atoms with van der Waals surface area (Å²) in [5.74, 6) is 0.803. The first-order valence-corrected chi connectivity index (χ1v) is 10.0. The minimum Gasteiger partial charge on any atom is -0.497 e. The lowest BCUT2D eigenvalue weighted by molar-refractivity contribution is -0.137. The maximum atomic E-state index is 13.0. The van der Waals surface area contributed by atoms with E-state index in [9.17, 15) is 18.0 Å². The molecular formula is C22H26F3N3O3. The molecular weight excluding hydrogens is 411 g/mol. The van der Waals surface area contributed by atoms with Gasteiger partial charge >= 0.3 is 12.3 Å². The Kier molecular flexibility index (Phi) is 7.27. The Labute approximate surface area is 179 Å². The van der Waals surface area contributed by atoms with E-state index in [-0.39, 0.29) is 5.56 Å². The van der Waals surface area contributed by atoms with Crippen molar-refractivity contribution in [1.82, 2.24) is 4.90 Å². The lowest BCUT2D eigenvalue weighted by atomic mass is 10.0. The lowest BCUT2D eigenvalue weighted by Gasteiger charge is -2.36. The Morgan fingerprint density at radius 3 is 2.35 bits per heavy atom. The number of anilines is 1. The van der Waals surface area contributed by atoms with Crippen molar-refractivity contribution in [3.8, 4) is 5.75 Å². The average molecular weight is 437 g/mol. The van der Waals surface area contributed by atoms with Gasteiger partial charge in [0.15, 0.2) is 0 Å². The monoisotopic (exact) mass is 437 g/mol.